The fourth-order valence-electron chi connectivity index (χ4n) is 3.60. The predicted molar refractivity (Wildman–Crippen MR) is 105 cm³/mol. The summed E-state index contributed by atoms with van der Waals surface area (Å²) < 4.78 is 5.55. The van der Waals surface area contributed by atoms with Gasteiger partial charge in [0.15, 0.2) is 6.29 Å². The van der Waals surface area contributed by atoms with Gasteiger partial charge in [0.25, 0.3) is 0 Å². The normalized spacial score (nSPS) is 23.2. The summed E-state index contributed by atoms with van der Waals surface area (Å²) in [6.07, 6.45) is 7.31. The third kappa shape index (κ3) is 3.70. The number of nitrogens with one attached hydrogen (secondary N) is 1. The van der Waals surface area contributed by atoms with Crippen LogP contribution < -0.4 is 10.1 Å². The predicted octanol–water partition coefficient (Wildman–Crippen LogP) is 1.66. The van der Waals surface area contributed by atoms with Gasteiger partial charge in [-0.15, -0.1) is 0 Å². The van der Waals surface area contributed by atoms with Crippen LogP contribution in [-0.4, -0.2) is 65.6 Å². The number of benzene rings is 1. The first-order chi connectivity index (χ1) is 13.3. The lowest BCUT2D eigenvalue weighted by atomic mass is 10.0. The number of aromatic nitrogens is 2. The Kier molecular flexibility index (Phi) is 5.13. The van der Waals surface area contributed by atoms with E-state index in [9.17, 15) is 0 Å². The zero-order chi connectivity index (χ0) is 18.6. The number of aliphatic imine (C=N–C) groups is 1. The van der Waals surface area contributed by atoms with Gasteiger partial charge in [-0.1, -0.05) is 18.2 Å². The summed E-state index contributed by atoms with van der Waals surface area (Å²) in [7, 11) is 3.78. The Morgan fingerprint density at radius 1 is 1.22 bits per heavy atom. The molecule has 0 radical (unpaired) electrons. The summed E-state index contributed by atoms with van der Waals surface area (Å²) in [5.74, 6) is 0.916. The third-order valence-corrected chi connectivity index (χ3v) is 4.98. The highest BCUT2D eigenvalue weighted by Crippen LogP contribution is 2.28. The van der Waals surface area contributed by atoms with Crippen LogP contribution in [0.3, 0.4) is 0 Å². The van der Waals surface area contributed by atoms with Gasteiger partial charge < -0.3 is 15.0 Å². The lowest BCUT2D eigenvalue weighted by Crippen LogP contribution is -2.54. The number of methoxy groups -OCH3 is 1. The number of hydrogen-bond acceptors (Lipinski definition) is 7. The summed E-state index contributed by atoms with van der Waals surface area (Å²) in [6.45, 7) is 2.67. The van der Waals surface area contributed by atoms with Gasteiger partial charge >= 0.3 is 0 Å². The average Bonchev–Trinajstić information content (AvgIpc) is 2.75. The highest BCUT2D eigenvalue weighted by molar-refractivity contribution is 6.07. The van der Waals surface area contributed by atoms with Crippen molar-refractivity contribution in [1.82, 2.24) is 25.1 Å². The number of piperazine rings is 1. The van der Waals surface area contributed by atoms with Crippen LogP contribution in [-0.2, 0) is 0 Å². The highest BCUT2D eigenvalue weighted by Gasteiger charge is 2.30. The van der Waals surface area contributed by atoms with Crippen molar-refractivity contribution >= 4 is 5.71 Å². The summed E-state index contributed by atoms with van der Waals surface area (Å²) in [5.41, 5.74) is 2.90. The molecule has 27 heavy (non-hydrogen) atoms. The molecule has 1 aromatic carbocycles. The van der Waals surface area contributed by atoms with E-state index in [2.05, 4.69) is 50.5 Å². The molecule has 0 bridgehead atoms. The minimum absolute atomic E-state index is 0.0562. The number of ether oxygens (including phenoxy) is 1. The Bertz CT molecular complexity index is 837. The van der Waals surface area contributed by atoms with Gasteiger partial charge in [0.2, 0.25) is 0 Å². The van der Waals surface area contributed by atoms with Gasteiger partial charge in [0.05, 0.1) is 18.5 Å². The van der Waals surface area contributed by atoms with E-state index in [-0.39, 0.29) is 12.3 Å². The highest BCUT2D eigenvalue weighted by atomic mass is 16.5. The third-order valence-electron chi connectivity index (χ3n) is 4.98. The molecule has 0 amide bonds. The van der Waals surface area contributed by atoms with Crippen LogP contribution in [0, 0.1) is 0 Å². The molecule has 2 atom stereocenters. The molecule has 7 nitrogen and oxygen atoms in total. The molecule has 1 fully saturated rings. The second kappa shape index (κ2) is 7.85. The van der Waals surface area contributed by atoms with E-state index in [4.69, 9.17) is 9.73 Å². The monoisotopic (exact) mass is 364 g/mol. The topological polar surface area (TPSA) is 65.9 Å². The number of para-hydroxylation sites is 1. The van der Waals surface area contributed by atoms with Gasteiger partial charge in [-0.05, 0) is 18.2 Å². The van der Waals surface area contributed by atoms with E-state index < -0.39 is 0 Å². The Hall–Kier alpha value is -2.77. The molecule has 3 heterocycles. The maximum atomic E-state index is 5.55. The molecule has 2 unspecified atom stereocenters. The second-order valence-electron chi connectivity index (χ2n) is 6.68. The summed E-state index contributed by atoms with van der Waals surface area (Å²) in [4.78, 5) is 17.8. The summed E-state index contributed by atoms with van der Waals surface area (Å²) >= 11 is 0. The zero-order valence-corrected chi connectivity index (χ0v) is 15.6. The Balaban J connectivity index is 1.57. The Labute approximate surface area is 159 Å². The molecule has 1 aromatic heterocycles. The van der Waals surface area contributed by atoms with Gasteiger partial charge in [-0.2, -0.15) is 0 Å². The van der Waals surface area contributed by atoms with Crippen LogP contribution in [0.1, 0.15) is 17.3 Å². The van der Waals surface area contributed by atoms with Crippen LogP contribution in [0.5, 0.6) is 5.75 Å². The van der Waals surface area contributed by atoms with Crippen LogP contribution in [0.2, 0.25) is 0 Å². The van der Waals surface area contributed by atoms with Crippen LogP contribution in [0.25, 0.3) is 0 Å². The lowest BCUT2D eigenvalue weighted by molar-refractivity contribution is 0.0679. The smallest absolute Gasteiger partial charge is 0.178 e. The van der Waals surface area contributed by atoms with Gasteiger partial charge in [0.1, 0.15) is 12.1 Å². The van der Waals surface area contributed by atoms with Crippen molar-refractivity contribution in [2.24, 2.45) is 4.99 Å². The van der Waals surface area contributed by atoms with Crippen molar-refractivity contribution in [2.75, 3.05) is 33.8 Å². The molecular weight excluding hydrogens is 340 g/mol. The van der Waals surface area contributed by atoms with Crippen LogP contribution in [0.4, 0.5) is 0 Å². The molecule has 2 aliphatic heterocycles. The van der Waals surface area contributed by atoms with Crippen molar-refractivity contribution < 1.29 is 4.74 Å². The van der Waals surface area contributed by atoms with Gasteiger partial charge in [-0.25, -0.2) is 15.0 Å². The largest absolute Gasteiger partial charge is 0.496 e. The van der Waals surface area contributed by atoms with E-state index in [0.29, 0.717) is 0 Å². The number of nitrogens with zero attached hydrogens (tertiary/aromatic N) is 5. The van der Waals surface area contributed by atoms with E-state index in [1.807, 2.05) is 24.3 Å². The first kappa shape index (κ1) is 17.6. The molecule has 4 rings (SSSR count). The van der Waals surface area contributed by atoms with E-state index in [0.717, 1.165) is 36.8 Å². The van der Waals surface area contributed by atoms with E-state index >= 15 is 0 Å². The zero-order valence-electron chi connectivity index (χ0n) is 15.6. The summed E-state index contributed by atoms with van der Waals surface area (Å²) in [5, 5.41) is 3.61. The Morgan fingerprint density at radius 3 is 2.93 bits per heavy atom. The fourth-order valence-corrected chi connectivity index (χ4v) is 3.60. The average molecular weight is 364 g/mol. The van der Waals surface area contributed by atoms with Crippen molar-refractivity contribution in [1.29, 1.82) is 0 Å². The molecule has 7 heteroatoms. The minimum Gasteiger partial charge on any atom is -0.496 e. The first-order valence-corrected chi connectivity index (χ1v) is 9.11. The molecule has 0 aliphatic carbocycles. The van der Waals surface area contributed by atoms with Crippen molar-refractivity contribution in [3.63, 3.8) is 0 Å². The van der Waals surface area contributed by atoms with Crippen molar-refractivity contribution in [2.45, 2.75) is 12.3 Å². The van der Waals surface area contributed by atoms with Gasteiger partial charge in [0, 0.05) is 50.7 Å². The fraction of sp³-hybridized carbons (Fsp3) is 0.350. The quantitative estimate of drug-likeness (QED) is 0.890. The number of allylic oxidation sites excluding steroid dienone is 1. The van der Waals surface area contributed by atoms with Crippen molar-refractivity contribution in [3.05, 3.63) is 66.4 Å². The molecule has 140 valence electrons. The van der Waals surface area contributed by atoms with Crippen molar-refractivity contribution in [3.8, 4) is 5.75 Å². The minimum atomic E-state index is -0.0562. The molecule has 0 saturated carbocycles. The second-order valence-corrected chi connectivity index (χ2v) is 6.68. The number of rotatable bonds is 4. The number of hydrogen-bond donors (Lipinski definition) is 1. The maximum absolute atomic E-state index is 5.55. The molecule has 2 aliphatic rings. The molecular formula is C20H24N6O. The van der Waals surface area contributed by atoms with E-state index in [1.165, 1.54) is 5.56 Å². The molecule has 0 spiro atoms. The SMILES string of the molecule is COc1ccccc1C1CN(C2N=C(c3ccncn3)C=CN2C)CCN1. The van der Waals surface area contributed by atoms with E-state index in [1.54, 1.807) is 19.6 Å². The molecule has 2 aromatic rings. The van der Waals surface area contributed by atoms with Gasteiger partial charge in [-0.3, -0.25) is 4.90 Å². The molecule has 1 N–H and O–H groups in total. The first-order valence-electron chi connectivity index (χ1n) is 9.11. The van der Waals surface area contributed by atoms with Crippen LogP contribution >= 0.6 is 0 Å². The van der Waals surface area contributed by atoms with Crippen LogP contribution in [0.15, 0.2) is 60.1 Å². The maximum Gasteiger partial charge on any atom is 0.178 e. The lowest BCUT2D eigenvalue weighted by Gasteiger charge is -2.41. The Morgan fingerprint density at radius 2 is 2.11 bits per heavy atom. The molecule has 1 saturated heterocycles. The standard InChI is InChI=1S/C20H24N6O/c1-25-11-8-17(16-7-9-21-14-23-16)24-20(25)26-12-10-22-18(13-26)15-5-3-4-6-19(15)27-2/h3-9,11,14,18,20,22H,10,12-13H2,1-2H3. The summed E-state index contributed by atoms with van der Waals surface area (Å²) in [6, 6.07) is 10.3.